The zero-order valence-electron chi connectivity index (χ0n) is 11.9. The summed E-state index contributed by atoms with van der Waals surface area (Å²) in [4.78, 5) is 8.57. The van der Waals surface area contributed by atoms with E-state index in [-0.39, 0.29) is 5.75 Å². The Balaban J connectivity index is 2.08. The molecule has 0 unspecified atom stereocenters. The Kier molecular flexibility index (Phi) is 3.92. The van der Waals surface area contributed by atoms with E-state index in [9.17, 15) is 8.42 Å². The number of anilines is 3. The Bertz CT molecular complexity index is 824. The molecule has 0 aliphatic carbocycles. The van der Waals surface area contributed by atoms with Gasteiger partial charge in [-0.05, 0) is 24.5 Å². The highest BCUT2D eigenvalue weighted by molar-refractivity contribution is 7.91. The van der Waals surface area contributed by atoms with Crippen LogP contribution in [0.4, 0.5) is 17.5 Å². The van der Waals surface area contributed by atoms with E-state index in [1.165, 1.54) is 6.20 Å². The summed E-state index contributed by atoms with van der Waals surface area (Å²) in [5.41, 5.74) is 1.33. The molecule has 8 heteroatoms. The van der Waals surface area contributed by atoms with Gasteiger partial charge >= 0.3 is 0 Å². The van der Waals surface area contributed by atoms with Gasteiger partial charge in [0.2, 0.25) is 5.95 Å². The number of benzene rings is 1. The Morgan fingerprint density at radius 3 is 2.91 bits per heavy atom. The van der Waals surface area contributed by atoms with Gasteiger partial charge in [-0.25, -0.2) is 13.4 Å². The minimum absolute atomic E-state index is 0.165. The molecular formula is C14H15ClN4O2S. The summed E-state index contributed by atoms with van der Waals surface area (Å²) in [6.07, 6.45) is 2.87. The van der Waals surface area contributed by atoms with Gasteiger partial charge in [-0.1, -0.05) is 23.7 Å². The molecule has 0 amide bonds. The third kappa shape index (κ3) is 2.74. The number of sulfone groups is 1. The van der Waals surface area contributed by atoms with Crippen molar-refractivity contribution in [2.24, 2.45) is 0 Å². The number of hydrogen-bond donors (Lipinski definition) is 2. The first-order chi connectivity index (χ1) is 10.5. The van der Waals surface area contributed by atoms with Crippen molar-refractivity contribution < 1.29 is 8.42 Å². The third-order valence-corrected chi connectivity index (χ3v) is 5.69. The molecule has 2 aromatic rings. The van der Waals surface area contributed by atoms with Crippen molar-refractivity contribution in [1.29, 1.82) is 0 Å². The van der Waals surface area contributed by atoms with Crippen LogP contribution in [0.15, 0.2) is 29.3 Å². The van der Waals surface area contributed by atoms with Crippen LogP contribution in [-0.2, 0) is 16.3 Å². The lowest BCUT2D eigenvalue weighted by molar-refractivity contribution is 0.587. The number of fused-ring (bicyclic) bond motifs is 1. The number of rotatable bonds is 3. The fourth-order valence-corrected chi connectivity index (χ4v) is 4.40. The molecule has 6 nitrogen and oxygen atoms in total. The van der Waals surface area contributed by atoms with Crippen LogP contribution in [0.5, 0.6) is 0 Å². The summed E-state index contributed by atoms with van der Waals surface area (Å²) < 4.78 is 24.7. The molecule has 1 aromatic carbocycles. The van der Waals surface area contributed by atoms with Gasteiger partial charge in [0.15, 0.2) is 15.7 Å². The van der Waals surface area contributed by atoms with Crippen LogP contribution in [0.1, 0.15) is 12.0 Å². The fourth-order valence-electron chi connectivity index (χ4n) is 2.50. The molecule has 1 aliphatic heterocycles. The largest absolute Gasteiger partial charge is 0.357 e. The Morgan fingerprint density at radius 1 is 1.32 bits per heavy atom. The van der Waals surface area contributed by atoms with Crippen molar-refractivity contribution in [2.45, 2.75) is 17.7 Å². The molecule has 0 spiro atoms. The minimum atomic E-state index is -3.29. The van der Waals surface area contributed by atoms with Crippen molar-refractivity contribution in [3.8, 4) is 0 Å². The van der Waals surface area contributed by atoms with Crippen molar-refractivity contribution in [3.05, 3.63) is 35.0 Å². The number of nitrogens with one attached hydrogen (secondary N) is 2. The first kappa shape index (κ1) is 15.1. The van der Waals surface area contributed by atoms with Gasteiger partial charge in [0, 0.05) is 7.05 Å². The molecular weight excluding hydrogens is 324 g/mol. The quantitative estimate of drug-likeness (QED) is 0.895. The first-order valence-corrected chi connectivity index (χ1v) is 8.86. The predicted molar refractivity (Wildman–Crippen MR) is 86.7 cm³/mol. The zero-order chi connectivity index (χ0) is 15.7. The summed E-state index contributed by atoms with van der Waals surface area (Å²) in [5.74, 6) is 0.938. The Labute approximate surface area is 133 Å². The number of aromatic nitrogens is 2. The van der Waals surface area contributed by atoms with Gasteiger partial charge in [0.1, 0.15) is 5.02 Å². The second-order valence-corrected chi connectivity index (χ2v) is 7.43. The molecule has 3 rings (SSSR count). The first-order valence-electron chi connectivity index (χ1n) is 6.83. The summed E-state index contributed by atoms with van der Waals surface area (Å²) in [6, 6.07) is 5.40. The topological polar surface area (TPSA) is 84.0 Å². The summed E-state index contributed by atoms with van der Waals surface area (Å²) >= 11 is 6.09. The molecule has 0 atom stereocenters. The van der Waals surface area contributed by atoms with Crippen molar-refractivity contribution in [1.82, 2.24) is 9.97 Å². The Hall–Kier alpha value is -1.86. The van der Waals surface area contributed by atoms with Gasteiger partial charge in [-0.2, -0.15) is 4.98 Å². The van der Waals surface area contributed by atoms with E-state index in [0.29, 0.717) is 33.8 Å². The Morgan fingerprint density at radius 2 is 2.14 bits per heavy atom. The van der Waals surface area contributed by atoms with E-state index in [4.69, 9.17) is 11.6 Å². The van der Waals surface area contributed by atoms with E-state index >= 15 is 0 Å². The highest BCUT2D eigenvalue weighted by Gasteiger charge is 2.27. The summed E-state index contributed by atoms with van der Waals surface area (Å²) in [5, 5.41) is 6.17. The summed E-state index contributed by atoms with van der Waals surface area (Å²) in [7, 11) is -1.59. The van der Waals surface area contributed by atoms with Crippen LogP contribution in [0.2, 0.25) is 5.02 Å². The van der Waals surface area contributed by atoms with Crippen LogP contribution < -0.4 is 10.6 Å². The lowest BCUT2D eigenvalue weighted by Gasteiger charge is -2.20. The van der Waals surface area contributed by atoms with Crippen molar-refractivity contribution in [2.75, 3.05) is 23.4 Å². The molecule has 0 fully saturated rings. The fraction of sp³-hybridized carbons (Fsp3) is 0.286. The lowest BCUT2D eigenvalue weighted by atomic mass is 10.1. The maximum absolute atomic E-state index is 12.4. The SMILES string of the molecule is CNc1ncc(Cl)c(Nc2cccc3c2S(=O)(=O)CCC3)n1. The predicted octanol–water partition coefficient (Wildman–Crippen LogP) is 2.64. The molecule has 0 saturated heterocycles. The maximum atomic E-state index is 12.4. The normalized spacial score (nSPS) is 15.9. The minimum Gasteiger partial charge on any atom is -0.357 e. The molecule has 0 saturated carbocycles. The molecule has 22 heavy (non-hydrogen) atoms. The van der Waals surface area contributed by atoms with Gasteiger partial charge in [-0.15, -0.1) is 0 Å². The van der Waals surface area contributed by atoms with E-state index in [0.717, 1.165) is 12.0 Å². The van der Waals surface area contributed by atoms with Crippen LogP contribution in [0.25, 0.3) is 0 Å². The van der Waals surface area contributed by atoms with E-state index in [1.807, 2.05) is 12.1 Å². The maximum Gasteiger partial charge on any atom is 0.224 e. The van der Waals surface area contributed by atoms with Gasteiger partial charge in [0.25, 0.3) is 0 Å². The van der Waals surface area contributed by atoms with Crippen LogP contribution in [0, 0.1) is 0 Å². The van der Waals surface area contributed by atoms with Crippen LogP contribution in [-0.4, -0.2) is 31.2 Å². The van der Waals surface area contributed by atoms with Crippen molar-refractivity contribution >= 4 is 38.9 Å². The molecule has 1 aromatic heterocycles. The second kappa shape index (κ2) is 5.73. The van der Waals surface area contributed by atoms with E-state index in [2.05, 4.69) is 20.6 Å². The van der Waals surface area contributed by atoms with Crippen molar-refractivity contribution in [3.63, 3.8) is 0 Å². The molecule has 0 radical (unpaired) electrons. The number of nitrogens with zero attached hydrogens (tertiary/aromatic N) is 2. The number of aryl methyl sites for hydroxylation is 1. The highest BCUT2D eigenvalue weighted by atomic mass is 35.5. The lowest BCUT2D eigenvalue weighted by Crippen LogP contribution is -2.18. The smallest absolute Gasteiger partial charge is 0.224 e. The van der Waals surface area contributed by atoms with Gasteiger partial charge in [-0.3, -0.25) is 0 Å². The van der Waals surface area contributed by atoms with E-state index < -0.39 is 9.84 Å². The molecule has 0 bridgehead atoms. The zero-order valence-corrected chi connectivity index (χ0v) is 13.5. The molecule has 1 aliphatic rings. The van der Waals surface area contributed by atoms with Crippen LogP contribution in [0.3, 0.4) is 0 Å². The van der Waals surface area contributed by atoms with Crippen LogP contribution >= 0.6 is 11.6 Å². The highest BCUT2D eigenvalue weighted by Crippen LogP contribution is 2.34. The average Bonchev–Trinajstić information content (AvgIpc) is 2.49. The number of halogens is 1. The number of hydrogen-bond acceptors (Lipinski definition) is 6. The standard InChI is InChI=1S/C14H15ClN4O2S/c1-16-14-17-8-10(15)13(19-14)18-11-6-2-4-9-5-3-7-22(20,21)12(9)11/h2,4,6,8H,3,5,7H2,1H3,(H2,16,17,18,19). The monoisotopic (exact) mass is 338 g/mol. The third-order valence-electron chi connectivity index (χ3n) is 3.49. The second-order valence-electron chi connectivity index (χ2n) is 4.98. The average molecular weight is 339 g/mol. The van der Waals surface area contributed by atoms with Gasteiger partial charge < -0.3 is 10.6 Å². The van der Waals surface area contributed by atoms with Gasteiger partial charge in [0.05, 0.1) is 22.5 Å². The molecule has 2 heterocycles. The van der Waals surface area contributed by atoms with E-state index in [1.54, 1.807) is 13.1 Å². The molecule has 116 valence electrons. The molecule has 2 N–H and O–H groups in total. The summed E-state index contributed by atoms with van der Waals surface area (Å²) in [6.45, 7) is 0.